The van der Waals surface area contributed by atoms with Crippen LogP contribution in [0.2, 0.25) is 0 Å². The van der Waals surface area contributed by atoms with Crippen LogP contribution < -0.4 is 0 Å². The van der Waals surface area contributed by atoms with Gasteiger partial charge in [0, 0.05) is 5.56 Å². The van der Waals surface area contributed by atoms with Gasteiger partial charge in [0.1, 0.15) is 0 Å². The molecule has 0 atom stereocenters. The number of rotatable bonds is 4. The number of halogens is 3. The Labute approximate surface area is 111 Å². The predicted octanol–water partition coefficient (Wildman–Crippen LogP) is 2.28. The van der Waals surface area contributed by atoms with Gasteiger partial charge in [-0.2, -0.15) is 13.2 Å². The van der Waals surface area contributed by atoms with Crippen molar-refractivity contribution in [3.8, 4) is 0 Å². The van der Waals surface area contributed by atoms with Crippen LogP contribution in [0, 0.1) is 0 Å². The van der Waals surface area contributed by atoms with Gasteiger partial charge in [-0.05, 0) is 19.1 Å². The van der Waals surface area contributed by atoms with Crippen molar-refractivity contribution in [2.24, 2.45) is 5.16 Å². The highest BCUT2D eigenvalue weighted by Gasteiger charge is 2.31. The van der Waals surface area contributed by atoms with E-state index in [-0.39, 0.29) is 12.2 Å². The molecule has 1 rings (SSSR count). The average Bonchev–Trinajstić information content (AvgIpc) is 2.39. The van der Waals surface area contributed by atoms with E-state index in [0.29, 0.717) is 12.1 Å². The van der Waals surface area contributed by atoms with Crippen LogP contribution >= 0.6 is 0 Å². The van der Waals surface area contributed by atoms with E-state index < -0.39 is 29.2 Å². The van der Waals surface area contributed by atoms with Crippen LogP contribution in [0.5, 0.6) is 0 Å². The molecule has 0 unspecified atom stereocenters. The van der Waals surface area contributed by atoms with Gasteiger partial charge in [0.25, 0.3) is 0 Å². The summed E-state index contributed by atoms with van der Waals surface area (Å²) in [5, 5.41) is 11.1. The number of carbonyl (C=O) groups is 2. The molecule has 0 saturated carbocycles. The highest BCUT2D eigenvalue weighted by atomic mass is 19.4. The lowest BCUT2D eigenvalue weighted by molar-refractivity contribution is -0.137. The molecule has 0 spiro atoms. The number of Topliss-reactive ketones (excluding diaryl/α,β-unsaturated/α-hetero) is 1. The van der Waals surface area contributed by atoms with E-state index in [1.165, 1.54) is 6.92 Å². The van der Waals surface area contributed by atoms with Gasteiger partial charge in [-0.15, -0.1) is 0 Å². The van der Waals surface area contributed by atoms with Crippen LogP contribution in [0.1, 0.15) is 22.8 Å². The van der Waals surface area contributed by atoms with Crippen LogP contribution in [-0.4, -0.2) is 29.3 Å². The van der Waals surface area contributed by atoms with Crippen molar-refractivity contribution in [3.63, 3.8) is 0 Å². The van der Waals surface area contributed by atoms with E-state index in [1.807, 2.05) is 0 Å². The van der Waals surface area contributed by atoms with Crippen molar-refractivity contribution in [2.45, 2.75) is 13.1 Å². The van der Waals surface area contributed by atoms with Gasteiger partial charge in [-0.3, -0.25) is 4.79 Å². The van der Waals surface area contributed by atoms with E-state index >= 15 is 0 Å². The maximum Gasteiger partial charge on any atom is 0.416 e. The number of hydrogen-bond acceptors (Lipinski definition) is 5. The van der Waals surface area contributed by atoms with Crippen molar-refractivity contribution >= 4 is 17.5 Å². The Morgan fingerprint density at radius 2 is 1.80 bits per heavy atom. The number of nitrogens with zero attached hydrogens (tertiary/aromatic N) is 1. The van der Waals surface area contributed by atoms with Gasteiger partial charge in [-0.1, -0.05) is 17.3 Å². The van der Waals surface area contributed by atoms with Gasteiger partial charge in [0.15, 0.2) is 0 Å². The molecule has 5 nitrogen and oxygen atoms in total. The normalized spacial score (nSPS) is 12.1. The summed E-state index contributed by atoms with van der Waals surface area (Å²) in [5.41, 5.74) is -2.06. The molecule has 0 aliphatic rings. The molecule has 0 heterocycles. The number of alkyl halides is 3. The zero-order valence-corrected chi connectivity index (χ0v) is 10.3. The van der Waals surface area contributed by atoms with E-state index in [4.69, 9.17) is 5.21 Å². The monoisotopic (exact) mass is 289 g/mol. The van der Waals surface area contributed by atoms with Crippen LogP contribution in [0.4, 0.5) is 13.2 Å². The summed E-state index contributed by atoms with van der Waals surface area (Å²) in [6.07, 6.45) is -4.53. The smallest absolute Gasteiger partial charge is 0.416 e. The maximum absolute atomic E-state index is 12.4. The summed E-state index contributed by atoms with van der Waals surface area (Å²) in [7, 11) is 0. The van der Waals surface area contributed by atoms with Gasteiger partial charge in [-0.25, -0.2) is 4.79 Å². The molecule has 1 N–H and O–H groups in total. The second-order valence-corrected chi connectivity index (χ2v) is 3.57. The van der Waals surface area contributed by atoms with Crippen LogP contribution in [0.3, 0.4) is 0 Å². The van der Waals surface area contributed by atoms with Crippen LogP contribution in [0.15, 0.2) is 29.4 Å². The van der Waals surface area contributed by atoms with E-state index in [9.17, 15) is 22.8 Å². The number of hydrogen-bond donors (Lipinski definition) is 1. The molecule has 20 heavy (non-hydrogen) atoms. The lowest BCUT2D eigenvalue weighted by Gasteiger charge is -2.07. The van der Waals surface area contributed by atoms with Crippen molar-refractivity contribution in [3.05, 3.63) is 35.4 Å². The molecule has 0 bridgehead atoms. The topological polar surface area (TPSA) is 76.0 Å². The molecule has 8 heteroatoms. The fourth-order valence-corrected chi connectivity index (χ4v) is 1.33. The standard InChI is InChI=1S/C12H10F3NO4/c1-2-20-11(18)9(16-19)10(17)7-3-5-8(6-4-7)12(13,14)15/h3-6,19H,2H2,1H3/b16-9-. The van der Waals surface area contributed by atoms with Crippen molar-refractivity contribution in [1.82, 2.24) is 0 Å². The third-order valence-corrected chi connectivity index (χ3v) is 2.26. The Hall–Kier alpha value is -2.38. The lowest BCUT2D eigenvalue weighted by Crippen LogP contribution is -2.26. The van der Waals surface area contributed by atoms with Gasteiger partial charge < -0.3 is 9.94 Å². The summed E-state index contributed by atoms with van der Waals surface area (Å²) in [4.78, 5) is 23.1. The zero-order chi connectivity index (χ0) is 15.3. The van der Waals surface area contributed by atoms with Gasteiger partial charge in [0.05, 0.1) is 12.2 Å². The molecule has 0 aromatic heterocycles. The number of carbonyl (C=O) groups excluding carboxylic acids is 2. The third kappa shape index (κ3) is 3.56. The molecular weight excluding hydrogens is 279 g/mol. The summed E-state index contributed by atoms with van der Waals surface area (Å²) < 4.78 is 41.5. The van der Waals surface area contributed by atoms with Crippen LogP contribution in [-0.2, 0) is 15.7 Å². The molecule has 0 fully saturated rings. The molecule has 0 amide bonds. The largest absolute Gasteiger partial charge is 0.461 e. The molecular formula is C12H10F3NO4. The molecule has 0 saturated heterocycles. The second-order valence-electron chi connectivity index (χ2n) is 3.57. The Balaban J connectivity index is 3.00. The minimum absolute atomic E-state index is 0.0435. The molecule has 0 aliphatic carbocycles. The number of oxime groups is 1. The van der Waals surface area contributed by atoms with Crippen molar-refractivity contribution in [2.75, 3.05) is 6.61 Å². The maximum atomic E-state index is 12.4. The summed E-state index contributed by atoms with van der Waals surface area (Å²) >= 11 is 0. The van der Waals surface area contributed by atoms with Crippen LogP contribution in [0.25, 0.3) is 0 Å². The third-order valence-electron chi connectivity index (χ3n) is 2.26. The SMILES string of the molecule is CCOC(=O)/C(=N\O)C(=O)c1ccc(C(F)(F)F)cc1. The number of ether oxygens (including phenoxy) is 1. The second kappa shape index (κ2) is 6.18. The van der Waals surface area contributed by atoms with E-state index in [0.717, 1.165) is 12.1 Å². The molecule has 1 aromatic carbocycles. The first kappa shape index (κ1) is 15.7. The van der Waals surface area contributed by atoms with Gasteiger partial charge in [0.2, 0.25) is 11.5 Å². The Morgan fingerprint density at radius 3 is 2.20 bits per heavy atom. The summed E-state index contributed by atoms with van der Waals surface area (Å²) in [6, 6.07) is 3.14. The number of benzene rings is 1. The fraction of sp³-hybridized carbons (Fsp3) is 0.250. The Bertz CT molecular complexity index is 535. The summed E-state index contributed by atoms with van der Waals surface area (Å²) in [6.45, 7) is 1.44. The minimum atomic E-state index is -4.53. The fourth-order valence-electron chi connectivity index (χ4n) is 1.33. The molecule has 0 aliphatic heterocycles. The molecule has 0 radical (unpaired) electrons. The molecule has 1 aromatic rings. The van der Waals surface area contributed by atoms with E-state index in [2.05, 4.69) is 9.89 Å². The highest BCUT2D eigenvalue weighted by Crippen LogP contribution is 2.29. The lowest BCUT2D eigenvalue weighted by atomic mass is 10.0. The van der Waals surface area contributed by atoms with Crippen molar-refractivity contribution < 1.29 is 32.7 Å². The highest BCUT2D eigenvalue weighted by molar-refractivity contribution is 6.67. The first-order valence-electron chi connectivity index (χ1n) is 5.42. The number of esters is 1. The zero-order valence-electron chi connectivity index (χ0n) is 10.3. The minimum Gasteiger partial charge on any atom is -0.461 e. The Kier molecular flexibility index (Phi) is 4.84. The van der Waals surface area contributed by atoms with E-state index in [1.54, 1.807) is 0 Å². The first-order valence-corrected chi connectivity index (χ1v) is 5.42. The first-order chi connectivity index (χ1) is 9.31. The number of ketones is 1. The molecule has 108 valence electrons. The summed E-state index contributed by atoms with van der Waals surface area (Å²) in [5.74, 6) is -2.18. The quantitative estimate of drug-likeness (QED) is 0.230. The van der Waals surface area contributed by atoms with Crippen molar-refractivity contribution in [1.29, 1.82) is 0 Å². The van der Waals surface area contributed by atoms with Gasteiger partial charge >= 0.3 is 12.1 Å². The predicted molar refractivity (Wildman–Crippen MR) is 61.6 cm³/mol. The Morgan fingerprint density at radius 1 is 1.25 bits per heavy atom. The average molecular weight is 289 g/mol.